The third-order valence-corrected chi connectivity index (χ3v) is 4.38. The van der Waals surface area contributed by atoms with Gasteiger partial charge in [0.15, 0.2) is 6.61 Å². The van der Waals surface area contributed by atoms with Crippen LogP contribution in [0.3, 0.4) is 0 Å². The highest BCUT2D eigenvalue weighted by atomic mass is 16.5. The molecule has 1 aliphatic rings. The Morgan fingerprint density at radius 3 is 2.71 bits per heavy atom. The van der Waals surface area contributed by atoms with E-state index in [-0.39, 0.29) is 0 Å². The first-order chi connectivity index (χ1) is 13.3. The van der Waals surface area contributed by atoms with Crippen LogP contribution < -0.4 is 15.4 Å². The Hall–Kier alpha value is -3.10. The number of esters is 1. The van der Waals surface area contributed by atoms with Crippen molar-refractivity contribution in [1.82, 2.24) is 10.2 Å². The van der Waals surface area contributed by atoms with Crippen molar-refractivity contribution >= 4 is 29.5 Å². The largest absolute Gasteiger partial charge is 0.497 e. The molecule has 0 unspecified atom stereocenters. The first-order valence-electron chi connectivity index (χ1n) is 9.02. The van der Waals surface area contributed by atoms with Gasteiger partial charge in [-0.1, -0.05) is 25.8 Å². The number of imide groups is 1. The molecule has 1 heterocycles. The lowest BCUT2D eigenvalue weighted by Gasteiger charge is -2.21. The van der Waals surface area contributed by atoms with Gasteiger partial charge in [-0.3, -0.25) is 19.3 Å². The highest BCUT2D eigenvalue weighted by Gasteiger charge is 2.47. The molecule has 1 fully saturated rings. The Bertz CT molecular complexity index is 766. The Balaban J connectivity index is 1.84. The van der Waals surface area contributed by atoms with Crippen LogP contribution in [0.1, 0.15) is 33.1 Å². The number of nitrogens with zero attached hydrogens (tertiary/aromatic N) is 1. The molecule has 9 heteroatoms. The fourth-order valence-electron chi connectivity index (χ4n) is 2.81. The Morgan fingerprint density at radius 1 is 1.29 bits per heavy atom. The lowest BCUT2D eigenvalue weighted by Crippen LogP contribution is -2.44. The first-order valence-corrected chi connectivity index (χ1v) is 9.02. The maximum absolute atomic E-state index is 12.5. The van der Waals surface area contributed by atoms with Crippen molar-refractivity contribution in [3.63, 3.8) is 0 Å². The number of benzene rings is 1. The predicted molar refractivity (Wildman–Crippen MR) is 101 cm³/mol. The van der Waals surface area contributed by atoms with Gasteiger partial charge in [0, 0.05) is 11.8 Å². The van der Waals surface area contributed by atoms with Crippen molar-refractivity contribution in [2.45, 2.75) is 38.6 Å². The first kappa shape index (κ1) is 21.2. The third kappa shape index (κ3) is 5.21. The number of amides is 4. The number of urea groups is 1. The molecule has 2 N–H and O–H groups in total. The second-order valence-electron chi connectivity index (χ2n) is 6.70. The lowest BCUT2D eigenvalue weighted by atomic mass is 9.95. The molecule has 1 saturated heterocycles. The number of rotatable bonds is 9. The summed E-state index contributed by atoms with van der Waals surface area (Å²) in [7, 11) is 1.51. The average molecular weight is 391 g/mol. The number of ether oxygens (including phenoxy) is 2. The molecule has 0 aromatic heterocycles. The Kier molecular flexibility index (Phi) is 6.97. The smallest absolute Gasteiger partial charge is 0.326 e. The molecule has 1 aliphatic heterocycles. The van der Waals surface area contributed by atoms with Gasteiger partial charge in [-0.15, -0.1) is 0 Å². The van der Waals surface area contributed by atoms with Crippen molar-refractivity contribution in [3.05, 3.63) is 24.3 Å². The number of methoxy groups -OCH3 is 1. The van der Waals surface area contributed by atoms with Crippen molar-refractivity contribution in [2.24, 2.45) is 0 Å². The normalized spacial score (nSPS) is 18.6. The van der Waals surface area contributed by atoms with Crippen molar-refractivity contribution in [1.29, 1.82) is 0 Å². The summed E-state index contributed by atoms with van der Waals surface area (Å²) in [4.78, 5) is 49.2. The maximum Gasteiger partial charge on any atom is 0.326 e. The van der Waals surface area contributed by atoms with Crippen LogP contribution in [0.5, 0.6) is 5.75 Å². The molecule has 0 spiro atoms. The molecule has 4 amide bonds. The zero-order chi connectivity index (χ0) is 20.7. The summed E-state index contributed by atoms with van der Waals surface area (Å²) < 4.78 is 9.94. The summed E-state index contributed by atoms with van der Waals surface area (Å²) in [5, 5.41) is 5.18. The summed E-state index contributed by atoms with van der Waals surface area (Å²) in [5.74, 6) is -1.29. The van der Waals surface area contributed by atoms with E-state index in [0.717, 1.165) is 17.7 Å². The van der Waals surface area contributed by atoms with Crippen LogP contribution in [-0.2, 0) is 19.1 Å². The zero-order valence-corrected chi connectivity index (χ0v) is 16.2. The summed E-state index contributed by atoms with van der Waals surface area (Å²) >= 11 is 0. The van der Waals surface area contributed by atoms with Crippen LogP contribution in [0.2, 0.25) is 0 Å². The van der Waals surface area contributed by atoms with Crippen LogP contribution in [-0.4, -0.2) is 54.5 Å². The van der Waals surface area contributed by atoms with E-state index in [2.05, 4.69) is 10.6 Å². The molecule has 1 aromatic carbocycles. The zero-order valence-electron chi connectivity index (χ0n) is 16.2. The van der Waals surface area contributed by atoms with E-state index in [9.17, 15) is 19.2 Å². The van der Waals surface area contributed by atoms with Crippen molar-refractivity contribution in [3.8, 4) is 5.75 Å². The van der Waals surface area contributed by atoms with E-state index in [1.54, 1.807) is 31.2 Å². The molecule has 1 aromatic rings. The molecule has 0 aliphatic carbocycles. The van der Waals surface area contributed by atoms with Gasteiger partial charge in [0.05, 0.1) is 7.11 Å². The fraction of sp³-hybridized carbons (Fsp3) is 0.474. The minimum atomic E-state index is -1.02. The number of carbonyl (C=O) groups is 4. The summed E-state index contributed by atoms with van der Waals surface area (Å²) in [6.07, 6.45) is 2.14. The third-order valence-electron chi connectivity index (χ3n) is 4.38. The van der Waals surface area contributed by atoms with Gasteiger partial charge in [0.1, 0.15) is 17.8 Å². The molecule has 0 bridgehead atoms. The molecule has 9 nitrogen and oxygen atoms in total. The van der Waals surface area contributed by atoms with E-state index >= 15 is 0 Å². The molecule has 0 saturated carbocycles. The van der Waals surface area contributed by atoms with Gasteiger partial charge in [0.25, 0.3) is 11.8 Å². The van der Waals surface area contributed by atoms with E-state index < -0.39 is 42.5 Å². The number of unbranched alkanes of at least 4 members (excludes halogenated alkanes) is 1. The fourth-order valence-corrected chi connectivity index (χ4v) is 2.81. The van der Waals surface area contributed by atoms with E-state index in [0.29, 0.717) is 17.9 Å². The number of hydrogen-bond acceptors (Lipinski definition) is 6. The Morgan fingerprint density at radius 2 is 2.04 bits per heavy atom. The summed E-state index contributed by atoms with van der Waals surface area (Å²) in [6.45, 7) is 2.54. The van der Waals surface area contributed by atoms with Gasteiger partial charge in [-0.05, 0) is 25.5 Å². The minimum Gasteiger partial charge on any atom is -0.497 e. The van der Waals surface area contributed by atoms with Crippen LogP contribution in [0.15, 0.2) is 24.3 Å². The van der Waals surface area contributed by atoms with E-state index in [4.69, 9.17) is 9.47 Å². The van der Waals surface area contributed by atoms with E-state index in [1.807, 2.05) is 6.92 Å². The van der Waals surface area contributed by atoms with Crippen molar-refractivity contribution in [2.75, 3.05) is 25.6 Å². The lowest BCUT2D eigenvalue weighted by molar-refractivity contribution is -0.150. The molecule has 2 rings (SSSR count). The Labute approximate surface area is 163 Å². The predicted octanol–water partition coefficient (Wildman–Crippen LogP) is 1.68. The topological polar surface area (TPSA) is 114 Å². The van der Waals surface area contributed by atoms with Crippen molar-refractivity contribution < 1.29 is 28.7 Å². The summed E-state index contributed by atoms with van der Waals surface area (Å²) in [6, 6.07) is 6.06. The maximum atomic E-state index is 12.5. The van der Waals surface area contributed by atoms with Gasteiger partial charge in [-0.2, -0.15) is 0 Å². The quantitative estimate of drug-likeness (QED) is 0.489. The molecule has 1 atom stereocenters. The minimum absolute atomic E-state index is 0.469. The van der Waals surface area contributed by atoms with Gasteiger partial charge >= 0.3 is 12.0 Å². The van der Waals surface area contributed by atoms with Gasteiger partial charge < -0.3 is 20.1 Å². The van der Waals surface area contributed by atoms with Crippen LogP contribution >= 0.6 is 0 Å². The highest BCUT2D eigenvalue weighted by Crippen LogP contribution is 2.23. The number of anilines is 1. The van der Waals surface area contributed by atoms with E-state index in [1.165, 1.54) is 7.11 Å². The average Bonchev–Trinajstić information content (AvgIpc) is 2.88. The molecular weight excluding hydrogens is 366 g/mol. The van der Waals surface area contributed by atoms with Crippen LogP contribution in [0, 0.1) is 0 Å². The standard InChI is InChI=1S/C19H25N3O6/c1-4-5-9-19(2)17(25)22(18(26)21-19)11-16(24)28-12-15(23)20-13-7-6-8-14(10-13)27-3/h6-8,10H,4-5,9,11-12H2,1-3H3,(H,20,23)(H,21,26)/t19-/m1/s1. The number of carbonyl (C=O) groups excluding carboxylic acids is 4. The second-order valence-corrected chi connectivity index (χ2v) is 6.70. The SMILES string of the molecule is CCCC[C@@]1(C)NC(=O)N(CC(=O)OCC(=O)Nc2cccc(OC)c2)C1=O. The molecule has 0 radical (unpaired) electrons. The molecular formula is C19H25N3O6. The summed E-state index contributed by atoms with van der Waals surface area (Å²) in [5.41, 5.74) is -0.530. The number of hydrogen-bond donors (Lipinski definition) is 2. The molecule has 152 valence electrons. The van der Waals surface area contributed by atoms with Gasteiger partial charge in [0.2, 0.25) is 0 Å². The highest BCUT2D eigenvalue weighted by molar-refractivity contribution is 6.08. The molecule has 28 heavy (non-hydrogen) atoms. The number of nitrogens with one attached hydrogen (secondary N) is 2. The monoisotopic (exact) mass is 391 g/mol. The second kappa shape index (κ2) is 9.20. The van der Waals surface area contributed by atoms with Gasteiger partial charge in [-0.25, -0.2) is 4.79 Å². The van der Waals surface area contributed by atoms with Crippen LogP contribution in [0.4, 0.5) is 10.5 Å². The van der Waals surface area contributed by atoms with Crippen LogP contribution in [0.25, 0.3) is 0 Å².